The number of hydrogen-bond acceptors (Lipinski definition) is 4. The molecule has 0 saturated heterocycles. The molecule has 18 heavy (non-hydrogen) atoms. The normalized spacial score (nSPS) is 10.3. The maximum Gasteiger partial charge on any atom is 0.255 e. The molecule has 0 bridgehead atoms. The predicted molar refractivity (Wildman–Crippen MR) is 66.1 cm³/mol. The maximum absolute atomic E-state index is 13.0. The number of thiazole rings is 1. The summed E-state index contributed by atoms with van der Waals surface area (Å²) in [5.41, 5.74) is 0.807. The van der Waals surface area contributed by atoms with E-state index in [0.717, 1.165) is 28.9 Å². The Kier molecular flexibility index (Phi) is 3.57. The third-order valence-corrected chi connectivity index (χ3v) is 3.24. The van der Waals surface area contributed by atoms with Crippen molar-refractivity contribution >= 4 is 17.2 Å². The summed E-state index contributed by atoms with van der Waals surface area (Å²) >= 11 is 1.43. The Balaban J connectivity index is 2.05. The minimum Gasteiger partial charge on any atom is -0.507 e. The fourth-order valence-corrected chi connectivity index (χ4v) is 2.14. The van der Waals surface area contributed by atoms with E-state index in [1.54, 1.807) is 0 Å². The Morgan fingerprint density at radius 3 is 3.00 bits per heavy atom. The minimum absolute atomic E-state index is 0.0803. The summed E-state index contributed by atoms with van der Waals surface area (Å²) in [6.45, 7) is 2.12. The SMILES string of the molecule is Cc1csc(CNC(=O)c2cc(F)ccc2O)n1. The first-order chi connectivity index (χ1) is 8.56. The van der Waals surface area contributed by atoms with Gasteiger partial charge in [-0.05, 0) is 25.1 Å². The van der Waals surface area contributed by atoms with Crippen molar-refractivity contribution in [3.05, 3.63) is 45.7 Å². The standard InChI is InChI=1S/C12H11FN2O2S/c1-7-6-18-11(15-7)5-14-12(17)9-4-8(13)2-3-10(9)16/h2-4,6,16H,5H2,1H3,(H,14,17). The van der Waals surface area contributed by atoms with Crippen LogP contribution in [0.1, 0.15) is 21.1 Å². The number of benzene rings is 1. The molecular weight excluding hydrogens is 255 g/mol. The van der Waals surface area contributed by atoms with E-state index < -0.39 is 11.7 Å². The van der Waals surface area contributed by atoms with Gasteiger partial charge in [0.2, 0.25) is 0 Å². The minimum atomic E-state index is -0.567. The van der Waals surface area contributed by atoms with Crippen LogP contribution in [0.3, 0.4) is 0 Å². The summed E-state index contributed by atoms with van der Waals surface area (Å²) in [5, 5.41) is 14.7. The van der Waals surface area contributed by atoms with Gasteiger partial charge in [0.15, 0.2) is 0 Å². The molecule has 2 aromatic rings. The first-order valence-electron chi connectivity index (χ1n) is 5.24. The molecule has 1 amide bonds. The van der Waals surface area contributed by atoms with Crippen LogP contribution < -0.4 is 5.32 Å². The number of halogens is 1. The number of carbonyl (C=O) groups excluding carboxylic acids is 1. The lowest BCUT2D eigenvalue weighted by Crippen LogP contribution is -2.22. The van der Waals surface area contributed by atoms with Gasteiger partial charge in [0.05, 0.1) is 12.1 Å². The van der Waals surface area contributed by atoms with Gasteiger partial charge in [-0.2, -0.15) is 0 Å². The smallest absolute Gasteiger partial charge is 0.255 e. The average molecular weight is 266 g/mol. The van der Waals surface area contributed by atoms with E-state index >= 15 is 0 Å². The van der Waals surface area contributed by atoms with Crippen LogP contribution in [0.2, 0.25) is 0 Å². The second-order valence-electron chi connectivity index (χ2n) is 3.73. The number of aryl methyl sites for hydroxylation is 1. The molecule has 0 aliphatic carbocycles. The highest BCUT2D eigenvalue weighted by atomic mass is 32.1. The molecule has 4 nitrogen and oxygen atoms in total. The first-order valence-corrected chi connectivity index (χ1v) is 6.12. The van der Waals surface area contributed by atoms with Gasteiger partial charge in [-0.15, -0.1) is 11.3 Å². The number of amides is 1. The summed E-state index contributed by atoms with van der Waals surface area (Å²) in [5.74, 6) is -1.34. The van der Waals surface area contributed by atoms with Crippen molar-refractivity contribution < 1.29 is 14.3 Å². The molecular formula is C12H11FN2O2S. The molecule has 94 valence electrons. The van der Waals surface area contributed by atoms with Crippen LogP contribution in [-0.2, 0) is 6.54 Å². The van der Waals surface area contributed by atoms with Crippen LogP contribution in [0.5, 0.6) is 5.75 Å². The molecule has 2 N–H and O–H groups in total. The van der Waals surface area contributed by atoms with E-state index in [1.807, 2.05) is 12.3 Å². The molecule has 0 atom stereocenters. The van der Waals surface area contributed by atoms with E-state index in [2.05, 4.69) is 10.3 Å². The van der Waals surface area contributed by atoms with Crippen molar-refractivity contribution in [3.63, 3.8) is 0 Å². The summed E-state index contributed by atoms with van der Waals surface area (Å²) in [6.07, 6.45) is 0. The monoisotopic (exact) mass is 266 g/mol. The average Bonchev–Trinajstić information content (AvgIpc) is 2.75. The van der Waals surface area contributed by atoms with E-state index in [0.29, 0.717) is 0 Å². The highest BCUT2D eigenvalue weighted by Crippen LogP contribution is 2.18. The highest BCUT2D eigenvalue weighted by Gasteiger charge is 2.12. The lowest BCUT2D eigenvalue weighted by Gasteiger charge is -2.05. The fraction of sp³-hybridized carbons (Fsp3) is 0.167. The Morgan fingerprint density at radius 1 is 1.56 bits per heavy atom. The van der Waals surface area contributed by atoms with Gasteiger partial charge in [0, 0.05) is 11.1 Å². The molecule has 6 heteroatoms. The first kappa shape index (κ1) is 12.5. The number of carbonyl (C=O) groups is 1. The molecule has 0 fully saturated rings. The number of aromatic nitrogens is 1. The number of aromatic hydroxyl groups is 1. The summed E-state index contributed by atoms with van der Waals surface area (Å²) in [6, 6.07) is 3.24. The molecule has 1 aromatic carbocycles. The van der Waals surface area contributed by atoms with Gasteiger partial charge in [-0.3, -0.25) is 4.79 Å². The largest absolute Gasteiger partial charge is 0.507 e. The van der Waals surface area contributed by atoms with Crippen LogP contribution in [0.4, 0.5) is 4.39 Å². The molecule has 0 unspecified atom stereocenters. The third kappa shape index (κ3) is 2.84. The van der Waals surface area contributed by atoms with Crippen molar-refractivity contribution in [2.45, 2.75) is 13.5 Å². The maximum atomic E-state index is 13.0. The molecule has 0 spiro atoms. The van der Waals surface area contributed by atoms with Crippen LogP contribution in [0.25, 0.3) is 0 Å². The Bertz CT molecular complexity index is 583. The Hall–Kier alpha value is -1.95. The Labute approximate surface area is 107 Å². The van der Waals surface area contributed by atoms with Crippen molar-refractivity contribution in [1.82, 2.24) is 10.3 Å². The zero-order valence-electron chi connectivity index (χ0n) is 9.61. The van der Waals surface area contributed by atoms with Gasteiger partial charge in [-0.25, -0.2) is 9.37 Å². The van der Waals surface area contributed by atoms with E-state index in [-0.39, 0.29) is 17.9 Å². The summed E-state index contributed by atoms with van der Waals surface area (Å²) in [4.78, 5) is 15.9. The zero-order chi connectivity index (χ0) is 13.1. The van der Waals surface area contributed by atoms with Gasteiger partial charge in [-0.1, -0.05) is 0 Å². The van der Waals surface area contributed by atoms with Gasteiger partial charge < -0.3 is 10.4 Å². The van der Waals surface area contributed by atoms with Crippen LogP contribution in [0, 0.1) is 12.7 Å². The lowest BCUT2D eigenvalue weighted by atomic mass is 10.2. The van der Waals surface area contributed by atoms with Crippen LogP contribution >= 0.6 is 11.3 Å². The quantitative estimate of drug-likeness (QED) is 0.895. The number of rotatable bonds is 3. The van der Waals surface area contributed by atoms with Crippen molar-refractivity contribution in [3.8, 4) is 5.75 Å². The molecule has 2 rings (SSSR count). The number of phenols is 1. The van der Waals surface area contributed by atoms with Crippen molar-refractivity contribution in [2.24, 2.45) is 0 Å². The van der Waals surface area contributed by atoms with Gasteiger partial charge in [0.25, 0.3) is 5.91 Å². The molecule has 0 aliphatic heterocycles. The number of hydrogen-bond donors (Lipinski definition) is 2. The molecule has 0 saturated carbocycles. The topological polar surface area (TPSA) is 62.2 Å². The lowest BCUT2D eigenvalue weighted by molar-refractivity contribution is 0.0947. The highest BCUT2D eigenvalue weighted by molar-refractivity contribution is 7.09. The third-order valence-electron chi connectivity index (χ3n) is 2.27. The van der Waals surface area contributed by atoms with Gasteiger partial charge >= 0.3 is 0 Å². The second-order valence-corrected chi connectivity index (χ2v) is 4.67. The van der Waals surface area contributed by atoms with Crippen LogP contribution in [-0.4, -0.2) is 16.0 Å². The molecule has 1 heterocycles. The zero-order valence-corrected chi connectivity index (χ0v) is 10.4. The fourth-order valence-electron chi connectivity index (χ4n) is 1.43. The molecule has 1 aromatic heterocycles. The van der Waals surface area contributed by atoms with Crippen molar-refractivity contribution in [2.75, 3.05) is 0 Å². The summed E-state index contributed by atoms with van der Waals surface area (Å²) < 4.78 is 13.0. The molecule has 0 radical (unpaired) electrons. The van der Waals surface area contributed by atoms with E-state index in [1.165, 1.54) is 11.3 Å². The van der Waals surface area contributed by atoms with Crippen molar-refractivity contribution in [1.29, 1.82) is 0 Å². The number of nitrogens with one attached hydrogen (secondary N) is 1. The summed E-state index contributed by atoms with van der Waals surface area (Å²) in [7, 11) is 0. The van der Waals surface area contributed by atoms with E-state index in [9.17, 15) is 14.3 Å². The number of phenolic OH excluding ortho intramolecular Hbond substituents is 1. The second kappa shape index (κ2) is 5.14. The van der Waals surface area contributed by atoms with Gasteiger partial charge in [0.1, 0.15) is 16.6 Å². The Morgan fingerprint density at radius 2 is 2.33 bits per heavy atom. The number of nitrogens with zero attached hydrogens (tertiary/aromatic N) is 1. The molecule has 0 aliphatic rings. The predicted octanol–water partition coefficient (Wildman–Crippen LogP) is 2.23. The van der Waals surface area contributed by atoms with E-state index in [4.69, 9.17) is 0 Å². The van der Waals surface area contributed by atoms with Crippen LogP contribution in [0.15, 0.2) is 23.6 Å².